The third-order valence-electron chi connectivity index (χ3n) is 2.97. The molecule has 18 heavy (non-hydrogen) atoms. The van der Waals surface area contributed by atoms with Crippen molar-refractivity contribution in [1.82, 2.24) is 20.4 Å². The summed E-state index contributed by atoms with van der Waals surface area (Å²) in [7, 11) is 0. The Hall–Kier alpha value is -0.880. The van der Waals surface area contributed by atoms with Crippen LogP contribution in [-0.4, -0.2) is 28.3 Å². The minimum atomic E-state index is 0.0768. The number of hydrogen-bond acceptors (Lipinski definition) is 3. The molecule has 1 fully saturated rings. The molecule has 1 amide bonds. The van der Waals surface area contributed by atoms with Crippen LogP contribution in [0.15, 0.2) is 4.47 Å². The Morgan fingerprint density at radius 2 is 2.28 bits per heavy atom. The molecule has 1 aliphatic carbocycles. The van der Waals surface area contributed by atoms with Crippen molar-refractivity contribution in [2.24, 2.45) is 0 Å². The number of nitrogens with one attached hydrogen (secondary N) is 2. The molecule has 5 nitrogen and oxygen atoms in total. The summed E-state index contributed by atoms with van der Waals surface area (Å²) in [5, 5.41) is 10.5. The third kappa shape index (κ3) is 3.32. The first kappa shape index (κ1) is 13.5. The van der Waals surface area contributed by atoms with Crippen molar-refractivity contribution in [2.45, 2.75) is 45.8 Å². The first-order valence-corrected chi connectivity index (χ1v) is 7.13. The van der Waals surface area contributed by atoms with E-state index in [4.69, 9.17) is 0 Å². The molecule has 0 spiro atoms. The molecule has 100 valence electrons. The second kappa shape index (κ2) is 5.84. The van der Waals surface area contributed by atoms with Gasteiger partial charge in [-0.25, -0.2) is 0 Å². The molecule has 1 aliphatic rings. The Bertz CT molecular complexity index is 440. The number of carbonyl (C=O) groups is 1. The van der Waals surface area contributed by atoms with Crippen molar-refractivity contribution >= 4 is 21.8 Å². The molecular formula is C12H19BrN4O. The molecule has 0 aliphatic heterocycles. The van der Waals surface area contributed by atoms with Gasteiger partial charge in [-0.1, -0.05) is 0 Å². The van der Waals surface area contributed by atoms with Crippen molar-refractivity contribution in [1.29, 1.82) is 0 Å². The highest BCUT2D eigenvalue weighted by atomic mass is 79.9. The van der Waals surface area contributed by atoms with Gasteiger partial charge in [-0.15, -0.1) is 0 Å². The van der Waals surface area contributed by atoms with Gasteiger partial charge in [0.2, 0.25) is 5.91 Å². The van der Waals surface area contributed by atoms with Crippen LogP contribution in [0.4, 0.5) is 0 Å². The molecule has 0 unspecified atom stereocenters. The predicted molar refractivity (Wildman–Crippen MR) is 73.2 cm³/mol. The Morgan fingerprint density at radius 1 is 1.56 bits per heavy atom. The van der Waals surface area contributed by atoms with Crippen LogP contribution in [0.1, 0.15) is 31.2 Å². The number of carbonyl (C=O) groups excluding carboxylic acids is 1. The summed E-state index contributed by atoms with van der Waals surface area (Å²) in [5.74, 6) is 0.0768. The Balaban J connectivity index is 1.83. The molecular weight excluding hydrogens is 296 g/mol. The first-order valence-electron chi connectivity index (χ1n) is 6.33. The van der Waals surface area contributed by atoms with Gasteiger partial charge in [-0.2, -0.15) is 5.10 Å². The molecule has 0 atom stereocenters. The normalized spacial score (nSPS) is 14.8. The van der Waals surface area contributed by atoms with Gasteiger partial charge in [-0.05, 0) is 42.6 Å². The molecule has 2 N–H and O–H groups in total. The van der Waals surface area contributed by atoms with Crippen molar-refractivity contribution < 1.29 is 4.79 Å². The lowest BCUT2D eigenvalue weighted by Crippen LogP contribution is -2.35. The van der Waals surface area contributed by atoms with E-state index >= 15 is 0 Å². The summed E-state index contributed by atoms with van der Waals surface area (Å²) in [4.78, 5) is 11.5. The Labute approximate surface area is 115 Å². The zero-order chi connectivity index (χ0) is 13.1. The van der Waals surface area contributed by atoms with E-state index in [2.05, 4.69) is 38.6 Å². The van der Waals surface area contributed by atoms with Gasteiger partial charge < -0.3 is 10.6 Å². The van der Waals surface area contributed by atoms with Crippen LogP contribution >= 0.6 is 15.9 Å². The topological polar surface area (TPSA) is 59.0 Å². The van der Waals surface area contributed by atoms with E-state index in [1.807, 2.05) is 11.6 Å². The van der Waals surface area contributed by atoms with Gasteiger partial charge in [0.05, 0.1) is 22.4 Å². The smallest absolute Gasteiger partial charge is 0.234 e. The maximum Gasteiger partial charge on any atom is 0.234 e. The highest BCUT2D eigenvalue weighted by Gasteiger charge is 2.22. The highest BCUT2D eigenvalue weighted by Crippen LogP contribution is 2.20. The molecule has 0 saturated heterocycles. The van der Waals surface area contributed by atoms with Gasteiger partial charge in [0.15, 0.2) is 0 Å². The van der Waals surface area contributed by atoms with Crippen LogP contribution in [0, 0.1) is 6.92 Å². The van der Waals surface area contributed by atoms with Gasteiger partial charge in [0.25, 0.3) is 0 Å². The Morgan fingerprint density at radius 3 is 2.89 bits per heavy atom. The largest absolute Gasteiger partial charge is 0.352 e. The van der Waals surface area contributed by atoms with E-state index in [1.165, 1.54) is 0 Å². The number of hydrogen-bond donors (Lipinski definition) is 2. The van der Waals surface area contributed by atoms with E-state index in [0.29, 0.717) is 19.1 Å². The second-order valence-corrected chi connectivity index (χ2v) is 5.40. The van der Waals surface area contributed by atoms with Crippen molar-refractivity contribution in [2.75, 3.05) is 6.54 Å². The number of halogens is 1. The highest BCUT2D eigenvalue weighted by molar-refractivity contribution is 9.10. The summed E-state index contributed by atoms with van der Waals surface area (Å²) in [5.41, 5.74) is 2.07. The molecule has 1 heterocycles. The lowest BCUT2D eigenvalue weighted by molar-refractivity contribution is -0.120. The monoisotopic (exact) mass is 314 g/mol. The van der Waals surface area contributed by atoms with Gasteiger partial charge >= 0.3 is 0 Å². The van der Waals surface area contributed by atoms with Crippen LogP contribution < -0.4 is 10.6 Å². The lowest BCUT2D eigenvalue weighted by atomic mass is 10.3. The van der Waals surface area contributed by atoms with E-state index in [0.717, 1.165) is 35.2 Å². The van der Waals surface area contributed by atoms with Crippen LogP contribution in [0.5, 0.6) is 0 Å². The minimum Gasteiger partial charge on any atom is -0.352 e. The molecule has 1 saturated carbocycles. The molecule has 2 rings (SSSR count). The van der Waals surface area contributed by atoms with Crippen LogP contribution in [0.25, 0.3) is 0 Å². The van der Waals surface area contributed by atoms with Gasteiger partial charge in [-0.3, -0.25) is 9.48 Å². The number of rotatable bonds is 6. The maximum absolute atomic E-state index is 11.5. The minimum absolute atomic E-state index is 0.0768. The zero-order valence-electron chi connectivity index (χ0n) is 10.8. The first-order chi connectivity index (χ1) is 8.61. The average Bonchev–Trinajstić information content (AvgIpc) is 3.10. The van der Waals surface area contributed by atoms with Crippen molar-refractivity contribution in [3.8, 4) is 0 Å². The summed E-state index contributed by atoms with van der Waals surface area (Å²) < 4.78 is 2.98. The second-order valence-electron chi connectivity index (χ2n) is 4.61. The average molecular weight is 315 g/mol. The molecule has 6 heteroatoms. The van der Waals surface area contributed by atoms with Gasteiger partial charge in [0, 0.05) is 19.1 Å². The number of aryl methyl sites for hydroxylation is 2. The molecule has 0 radical (unpaired) electrons. The number of aromatic nitrogens is 2. The molecule has 1 aromatic rings. The predicted octanol–water partition coefficient (Wildman–Crippen LogP) is 1.34. The summed E-state index contributed by atoms with van der Waals surface area (Å²) in [6.45, 7) is 5.86. The lowest BCUT2D eigenvalue weighted by Gasteiger charge is -2.08. The fraction of sp³-hybridized carbons (Fsp3) is 0.667. The SMILES string of the molecule is CCn1nc(C)c(Br)c1CNCC(=O)NC1CC1. The number of amides is 1. The summed E-state index contributed by atoms with van der Waals surface area (Å²) >= 11 is 3.54. The quantitative estimate of drug-likeness (QED) is 0.833. The zero-order valence-corrected chi connectivity index (χ0v) is 12.4. The maximum atomic E-state index is 11.5. The molecule has 0 bridgehead atoms. The molecule has 1 aromatic heterocycles. The van der Waals surface area contributed by atoms with Crippen LogP contribution in [-0.2, 0) is 17.9 Å². The summed E-state index contributed by atoms with van der Waals surface area (Å²) in [6.07, 6.45) is 2.25. The third-order valence-corrected chi connectivity index (χ3v) is 4.00. The van der Waals surface area contributed by atoms with Crippen molar-refractivity contribution in [3.05, 3.63) is 15.9 Å². The van der Waals surface area contributed by atoms with E-state index in [1.54, 1.807) is 0 Å². The van der Waals surface area contributed by atoms with Crippen LogP contribution in [0.3, 0.4) is 0 Å². The molecule has 0 aromatic carbocycles. The summed E-state index contributed by atoms with van der Waals surface area (Å²) in [6, 6.07) is 0.425. The van der Waals surface area contributed by atoms with Crippen LogP contribution in [0.2, 0.25) is 0 Å². The van der Waals surface area contributed by atoms with E-state index in [9.17, 15) is 4.79 Å². The fourth-order valence-corrected chi connectivity index (χ4v) is 2.26. The fourth-order valence-electron chi connectivity index (χ4n) is 1.84. The standard InChI is InChI=1S/C12H19BrN4O/c1-3-17-10(12(13)8(2)16-17)6-14-7-11(18)15-9-4-5-9/h9,14H,3-7H2,1-2H3,(H,15,18). The van der Waals surface area contributed by atoms with E-state index in [-0.39, 0.29) is 5.91 Å². The van der Waals surface area contributed by atoms with E-state index < -0.39 is 0 Å². The Kier molecular flexibility index (Phi) is 4.40. The van der Waals surface area contributed by atoms with Gasteiger partial charge in [0.1, 0.15) is 0 Å². The number of nitrogens with zero attached hydrogens (tertiary/aromatic N) is 2. The van der Waals surface area contributed by atoms with Crippen molar-refractivity contribution in [3.63, 3.8) is 0 Å².